The zero-order chi connectivity index (χ0) is 17.8. The second kappa shape index (κ2) is 7.23. The highest BCUT2D eigenvalue weighted by Gasteiger charge is 2.16. The normalized spacial score (nSPS) is 10.4. The van der Waals surface area contributed by atoms with Gasteiger partial charge in [0.1, 0.15) is 12.7 Å². The predicted molar refractivity (Wildman–Crippen MR) is 93.9 cm³/mol. The topological polar surface area (TPSA) is 78.3 Å². The smallest absolute Gasteiger partial charge is 0.255 e. The number of hydrogen-bond donors (Lipinski definition) is 1. The number of amides is 1. The second-order valence-corrected chi connectivity index (χ2v) is 5.41. The van der Waals surface area contributed by atoms with Gasteiger partial charge in [0.25, 0.3) is 5.91 Å². The molecule has 1 aromatic heterocycles. The van der Waals surface area contributed by atoms with Crippen molar-refractivity contribution in [3.05, 3.63) is 59.6 Å². The zero-order valence-corrected chi connectivity index (χ0v) is 14.3. The van der Waals surface area contributed by atoms with E-state index in [4.69, 9.17) is 21.1 Å². The summed E-state index contributed by atoms with van der Waals surface area (Å²) in [6.45, 7) is 0. The molecule has 0 fully saturated rings. The van der Waals surface area contributed by atoms with Gasteiger partial charge < -0.3 is 14.8 Å². The van der Waals surface area contributed by atoms with Crippen LogP contribution in [0.3, 0.4) is 0 Å². The molecule has 0 unspecified atom stereocenters. The highest BCUT2D eigenvalue weighted by molar-refractivity contribution is 6.32. The van der Waals surface area contributed by atoms with Crippen molar-refractivity contribution in [2.45, 2.75) is 0 Å². The Labute approximate surface area is 149 Å². The van der Waals surface area contributed by atoms with Crippen LogP contribution in [0.5, 0.6) is 11.5 Å². The molecule has 0 saturated heterocycles. The molecule has 3 rings (SSSR count). The summed E-state index contributed by atoms with van der Waals surface area (Å²) in [5.74, 6) is 0.420. The summed E-state index contributed by atoms with van der Waals surface area (Å²) in [6, 6.07) is 10.4. The quantitative estimate of drug-likeness (QED) is 0.757. The summed E-state index contributed by atoms with van der Waals surface area (Å²) in [6.07, 6.45) is 2.98. The van der Waals surface area contributed by atoms with Crippen molar-refractivity contribution < 1.29 is 14.3 Å². The molecular weight excluding hydrogens is 344 g/mol. The monoisotopic (exact) mass is 358 g/mol. The van der Waals surface area contributed by atoms with E-state index in [-0.39, 0.29) is 10.9 Å². The molecule has 0 spiro atoms. The van der Waals surface area contributed by atoms with Crippen molar-refractivity contribution in [2.24, 2.45) is 0 Å². The van der Waals surface area contributed by atoms with Crippen molar-refractivity contribution in [2.75, 3.05) is 19.5 Å². The molecule has 0 aliphatic rings. The maximum atomic E-state index is 12.6. The van der Waals surface area contributed by atoms with Gasteiger partial charge in [-0.1, -0.05) is 23.7 Å². The third-order valence-electron chi connectivity index (χ3n) is 3.51. The van der Waals surface area contributed by atoms with Gasteiger partial charge in [-0.3, -0.25) is 4.79 Å². The summed E-state index contributed by atoms with van der Waals surface area (Å²) < 4.78 is 12.0. The van der Waals surface area contributed by atoms with Crippen LogP contribution in [-0.2, 0) is 0 Å². The second-order valence-electron chi connectivity index (χ2n) is 5.00. The number of para-hydroxylation sites is 2. The Balaban J connectivity index is 1.93. The molecule has 1 heterocycles. The Morgan fingerprint density at radius 2 is 2.00 bits per heavy atom. The Morgan fingerprint density at radius 1 is 1.20 bits per heavy atom. The predicted octanol–water partition coefficient (Wildman–Crippen LogP) is 3.19. The summed E-state index contributed by atoms with van der Waals surface area (Å²) in [7, 11) is 2.97. The molecule has 2 aromatic carbocycles. The highest BCUT2D eigenvalue weighted by atomic mass is 35.5. The van der Waals surface area contributed by atoms with E-state index >= 15 is 0 Å². The Morgan fingerprint density at radius 3 is 2.68 bits per heavy atom. The first-order valence-electron chi connectivity index (χ1n) is 7.31. The summed E-state index contributed by atoms with van der Waals surface area (Å²) in [5.41, 5.74) is 1.62. The Kier molecular flexibility index (Phi) is 4.85. The van der Waals surface area contributed by atoms with Crippen LogP contribution in [-0.4, -0.2) is 34.9 Å². The molecule has 8 heteroatoms. The molecule has 1 amide bonds. The number of carbonyl (C=O) groups excluding carboxylic acids is 1. The van der Waals surface area contributed by atoms with Crippen LogP contribution in [0.1, 0.15) is 10.4 Å². The number of nitrogens with zero attached hydrogens (tertiary/aromatic N) is 3. The molecule has 0 aliphatic carbocycles. The number of nitrogens with one attached hydrogen (secondary N) is 1. The van der Waals surface area contributed by atoms with E-state index in [1.165, 1.54) is 26.6 Å². The van der Waals surface area contributed by atoms with Gasteiger partial charge in [0.05, 0.1) is 30.6 Å². The number of benzene rings is 2. The zero-order valence-electron chi connectivity index (χ0n) is 13.6. The molecule has 0 radical (unpaired) electrons. The van der Waals surface area contributed by atoms with Crippen molar-refractivity contribution in [3.63, 3.8) is 0 Å². The molecule has 128 valence electrons. The van der Waals surface area contributed by atoms with Gasteiger partial charge in [-0.2, -0.15) is 5.10 Å². The van der Waals surface area contributed by atoms with Gasteiger partial charge in [-0.15, -0.1) is 0 Å². The minimum Gasteiger partial charge on any atom is -0.493 e. The first-order chi connectivity index (χ1) is 12.1. The van der Waals surface area contributed by atoms with Gasteiger partial charge in [-0.05, 0) is 24.3 Å². The first-order valence-corrected chi connectivity index (χ1v) is 7.68. The van der Waals surface area contributed by atoms with Crippen LogP contribution in [0, 0.1) is 0 Å². The minimum atomic E-state index is -0.338. The standard InChI is InChI=1S/C17H15ClN4O3/c1-24-15-8-11(7-12(18)16(15)25-2)17(23)21-13-5-3-4-6-14(13)22-10-19-9-20-22/h3-10H,1-2H3,(H,21,23). The lowest BCUT2D eigenvalue weighted by Crippen LogP contribution is -2.14. The molecule has 1 N–H and O–H groups in total. The maximum absolute atomic E-state index is 12.6. The van der Waals surface area contributed by atoms with Crippen LogP contribution < -0.4 is 14.8 Å². The van der Waals surface area contributed by atoms with E-state index < -0.39 is 0 Å². The molecule has 7 nitrogen and oxygen atoms in total. The third-order valence-corrected chi connectivity index (χ3v) is 3.79. The van der Waals surface area contributed by atoms with E-state index in [0.29, 0.717) is 28.4 Å². The fourth-order valence-corrected chi connectivity index (χ4v) is 2.64. The number of anilines is 1. The van der Waals surface area contributed by atoms with Crippen LogP contribution in [0.4, 0.5) is 5.69 Å². The fourth-order valence-electron chi connectivity index (χ4n) is 2.36. The Hall–Kier alpha value is -3.06. The van der Waals surface area contributed by atoms with Crippen molar-refractivity contribution in [1.82, 2.24) is 14.8 Å². The van der Waals surface area contributed by atoms with Gasteiger partial charge in [0, 0.05) is 5.56 Å². The maximum Gasteiger partial charge on any atom is 0.255 e. The minimum absolute atomic E-state index is 0.288. The Bertz CT molecular complexity index is 897. The van der Waals surface area contributed by atoms with Crippen LogP contribution >= 0.6 is 11.6 Å². The third kappa shape index (κ3) is 3.41. The van der Waals surface area contributed by atoms with Crippen molar-refractivity contribution in [1.29, 1.82) is 0 Å². The van der Waals surface area contributed by atoms with E-state index in [1.54, 1.807) is 23.1 Å². The van der Waals surface area contributed by atoms with Gasteiger partial charge in [0.2, 0.25) is 0 Å². The summed E-state index contributed by atoms with van der Waals surface area (Å²) in [4.78, 5) is 16.6. The van der Waals surface area contributed by atoms with Gasteiger partial charge >= 0.3 is 0 Å². The first kappa shape index (κ1) is 16.8. The number of carbonyl (C=O) groups is 1. The SMILES string of the molecule is COc1cc(C(=O)Nc2ccccc2-n2cncn2)cc(Cl)c1OC. The average Bonchev–Trinajstić information content (AvgIpc) is 3.15. The van der Waals surface area contributed by atoms with Gasteiger partial charge in [-0.25, -0.2) is 9.67 Å². The van der Waals surface area contributed by atoms with E-state index in [0.717, 1.165) is 0 Å². The highest BCUT2D eigenvalue weighted by Crippen LogP contribution is 2.36. The van der Waals surface area contributed by atoms with Crippen molar-refractivity contribution in [3.8, 4) is 17.2 Å². The van der Waals surface area contributed by atoms with Crippen LogP contribution in [0.15, 0.2) is 49.1 Å². The number of methoxy groups -OCH3 is 2. The molecular formula is C17H15ClN4O3. The summed E-state index contributed by atoms with van der Waals surface area (Å²) >= 11 is 6.17. The number of aromatic nitrogens is 3. The largest absolute Gasteiger partial charge is 0.493 e. The number of ether oxygens (including phenoxy) is 2. The molecule has 0 bridgehead atoms. The number of halogens is 1. The molecule has 3 aromatic rings. The lowest BCUT2D eigenvalue weighted by molar-refractivity contribution is 0.102. The van der Waals surface area contributed by atoms with Crippen LogP contribution in [0.2, 0.25) is 5.02 Å². The lowest BCUT2D eigenvalue weighted by atomic mass is 10.1. The fraction of sp³-hybridized carbons (Fsp3) is 0.118. The molecule has 0 saturated carbocycles. The number of rotatable bonds is 5. The van der Waals surface area contributed by atoms with Crippen molar-refractivity contribution >= 4 is 23.2 Å². The number of hydrogen-bond acceptors (Lipinski definition) is 5. The van der Waals surface area contributed by atoms with E-state index in [9.17, 15) is 4.79 Å². The molecule has 25 heavy (non-hydrogen) atoms. The molecule has 0 atom stereocenters. The van der Waals surface area contributed by atoms with Gasteiger partial charge in [0.15, 0.2) is 11.5 Å². The average molecular weight is 359 g/mol. The van der Waals surface area contributed by atoms with Crippen LogP contribution in [0.25, 0.3) is 5.69 Å². The van der Waals surface area contributed by atoms with E-state index in [1.807, 2.05) is 18.2 Å². The van der Waals surface area contributed by atoms with E-state index in [2.05, 4.69) is 15.4 Å². The summed E-state index contributed by atoms with van der Waals surface area (Å²) in [5, 5.41) is 7.22. The molecule has 0 aliphatic heterocycles. The lowest BCUT2D eigenvalue weighted by Gasteiger charge is -2.13.